The maximum atomic E-state index is 14.1. The molecule has 3 aromatic rings. The van der Waals surface area contributed by atoms with Crippen LogP contribution in [0.4, 0.5) is 17.1 Å². The number of anilines is 1. The molecule has 3 atom stereocenters. The third kappa shape index (κ3) is 8.31. The summed E-state index contributed by atoms with van der Waals surface area (Å²) in [4.78, 5) is 87.7. The minimum Gasteiger partial charge on any atom is -0.497 e. The summed E-state index contributed by atoms with van der Waals surface area (Å²) in [5.74, 6) is -3.84. The van der Waals surface area contributed by atoms with Crippen LogP contribution in [-0.4, -0.2) is 91.9 Å². The maximum absolute atomic E-state index is 14.1. The van der Waals surface area contributed by atoms with Crippen LogP contribution in [-0.2, 0) is 25.6 Å². The van der Waals surface area contributed by atoms with Crippen LogP contribution in [0.1, 0.15) is 44.6 Å². The second kappa shape index (κ2) is 15.9. The molecule has 18 heteroatoms. The number of fused-ring (bicyclic) bond motifs is 1. The number of unbranched alkanes of at least 4 members (excludes halogenated alkanes) is 1. The monoisotopic (exact) mass is 697 g/mol. The van der Waals surface area contributed by atoms with Gasteiger partial charge in [0.1, 0.15) is 35.1 Å². The van der Waals surface area contributed by atoms with Gasteiger partial charge in [-0.05, 0) is 62.8 Å². The Morgan fingerprint density at radius 3 is 2.46 bits per heavy atom. The molecule has 18 nitrogen and oxygen atoms in total. The lowest BCUT2D eigenvalue weighted by atomic mass is 10.0. The molecule has 50 heavy (non-hydrogen) atoms. The number of carboxylic acid groups (broad SMARTS) is 2. The second-order valence-corrected chi connectivity index (χ2v) is 11.6. The Bertz CT molecular complexity index is 1880. The number of non-ortho nitro benzene ring substituents is 1. The Morgan fingerprint density at radius 1 is 1.08 bits per heavy atom. The number of nitro groups is 2. The number of aliphatic carboxylic acids is 2. The van der Waals surface area contributed by atoms with Crippen LogP contribution >= 0.6 is 0 Å². The summed E-state index contributed by atoms with van der Waals surface area (Å²) in [5, 5.41) is 45.7. The van der Waals surface area contributed by atoms with Crippen LogP contribution in [0.2, 0.25) is 0 Å². The predicted octanol–water partition coefficient (Wildman–Crippen LogP) is 3.19. The molecule has 0 unspecified atom stereocenters. The van der Waals surface area contributed by atoms with E-state index in [1.165, 1.54) is 26.2 Å². The zero-order valence-electron chi connectivity index (χ0n) is 27.1. The molecule has 0 radical (unpaired) electrons. The number of methoxy groups -OCH3 is 1. The minimum atomic E-state index is -1.56. The molecular formula is C32H35N5O13. The molecule has 0 aliphatic carbocycles. The number of amides is 2. The number of hydrogen-bond acceptors (Lipinski definition) is 12. The van der Waals surface area contributed by atoms with E-state index in [0.717, 1.165) is 28.0 Å². The zero-order chi connectivity index (χ0) is 36.7. The molecule has 1 saturated heterocycles. The van der Waals surface area contributed by atoms with Crippen LogP contribution in [0, 0.1) is 20.2 Å². The van der Waals surface area contributed by atoms with E-state index in [-0.39, 0.29) is 55.6 Å². The van der Waals surface area contributed by atoms with Crippen LogP contribution in [0.3, 0.4) is 0 Å². The van der Waals surface area contributed by atoms with E-state index in [1.54, 1.807) is 12.1 Å². The van der Waals surface area contributed by atoms with Gasteiger partial charge in [-0.15, -0.1) is 0 Å². The number of carboxylic acids is 2. The van der Waals surface area contributed by atoms with Gasteiger partial charge >= 0.3 is 17.6 Å². The highest BCUT2D eigenvalue weighted by Crippen LogP contribution is 2.30. The number of rotatable bonds is 16. The van der Waals surface area contributed by atoms with Crippen molar-refractivity contribution < 1.29 is 48.4 Å². The van der Waals surface area contributed by atoms with Gasteiger partial charge in [0, 0.05) is 36.7 Å². The smallest absolute Gasteiger partial charge is 0.336 e. The lowest BCUT2D eigenvalue weighted by Gasteiger charge is -2.36. The first-order chi connectivity index (χ1) is 23.7. The summed E-state index contributed by atoms with van der Waals surface area (Å²) >= 11 is 0. The zero-order valence-corrected chi connectivity index (χ0v) is 27.1. The molecule has 1 aromatic heterocycles. The molecule has 2 aromatic carbocycles. The number of ether oxygens (including phenoxy) is 1. The van der Waals surface area contributed by atoms with E-state index in [4.69, 9.17) is 9.15 Å². The van der Waals surface area contributed by atoms with Crippen molar-refractivity contribution >= 4 is 51.8 Å². The van der Waals surface area contributed by atoms with Crippen molar-refractivity contribution in [3.63, 3.8) is 0 Å². The third-order valence-electron chi connectivity index (χ3n) is 8.49. The molecule has 0 saturated carbocycles. The van der Waals surface area contributed by atoms with Crippen LogP contribution < -0.4 is 15.7 Å². The van der Waals surface area contributed by atoms with Gasteiger partial charge in [0.05, 0.1) is 29.4 Å². The fourth-order valence-corrected chi connectivity index (χ4v) is 6.05. The summed E-state index contributed by atoms with van der Waals surface area (Å²) in [6, 6.07) is 4.69. The van der Waals surface area contributed by atoms with Gasteiger partial charge in [0.25, 0.3) is 11.4 Å². The van der Waals surface area contributed by atoms with Crippen molar-refractivity contribution in [3.8, 4) is 5.75 Å². The van der Waals surface area contributed by atoms with Crippen molar-refractivity contribution in [1.82, 2.24) is 9.80 Å². The van der Waals surface area contributed by atoms with Crippen LogP contribution in [0.15, 0.2) is 51.7 Å². The fourth-order valence-electron chi connectivity index (χ4n) is 6.05. The molecule has 2 amide bonds. The Morgan fingerprint density at radius 2 is 1.82 bits per heavy atom. The lowest BCUT2D eigenvalue weighted by molar-refractivity contribution is -0.393. The van der Waals surface area contributed by atoms with Gasteiger partial charge in [-0.1, -0.05) is 0 Å². The van der Waals surface area contributed by atoms with Crippen molar-refractivity contribution in [2.45, 2.75) is 63.6 Å². The quantitative estimate of drug-likeness (QED) is 0.0841. The first-order valence-corrected chi connectivity index (χ1v) is 15.6. The molecule has 2 heterocycles. The molecule has 266 valence electrons. The number of nitrogens with zero attached hydrogens (tertiary/aromatic N) is 4. The summed E-state index contributed by atoms with van der Waals surface area (Å²) in [7, 11) is 1.42. The summed E-state index contributed by atoms with van der Waals surface area (Å²) in [6.45, 7) is 1.52. The molecule has 0 spiro atoms. The first kappa shape index (κ1) is 36.8. The van der Waals surface area contributed by atoms with Crippen molar-refractivity contribution in [2.75, 3.05) is 25.5 Å². The average Bonchev–Trinajstić information content (AvgIpc) is 3.57. The topological polar surface area (TPSA) is 253 Å². The van der Waals surface area contributed by atoms with Gasteiger partial charge in [-0.3, -0.25) is 29.8 Å². The van der Waals surface area contributed by atoms with E-state index >= 15 is 0 Å². The number of nitrogens with one attached hydrogen (secondary N) is 1. The fraction of sp³-hybridized carbons (Fsp3) is 0.406. The predicted molar refractivity (Wildman–Crippen MR) is 175 cm³/mol. The molecule has 1 fully saturated rings. The van der Waals surface area contributed by atoms with E-state index < -0.39 is 75.1 Å². The van der Waals surface area contributed by atoms with Crippen molar-refractivity contribution in [3.05, 3.63) is 78.7 Å². The average molecular weight is 698 g/mol. The molecular weight excluding hydrogens is 662 g/mol. The van der Waals surface area contributed by atoms with Gasteiger partial charge < -0.3 is 34.5 Å². The molecule has 0 bridgehead atoms. The molecule has 1 aliphatic heterocycles. The number of carbonyl (C=O) groups excluding carboxylic acids is 2. The SMILES string of the molecule is COc1ccc2c(CC(=O)N([C@@H](C)C(=O)N3CCC[C@H]3C(=O)O)[C@@H](CCCCNc3ccc([N+](=O)[O-])cc3[N+](=O)[O-])C(=O)O)cc(=O)oc2c1. The standard InChI is InChI=1S/C32H35N5O13/c1-18(30(40)34-13-5-7-24(34)31(41)42)35(28(38)14-19-15-29(39)50-27-17-21(49-2)9-10-22(19)27)25(32(43)44)6-3-4-12-33-23-11-8-20(36(45)46)16-26(23)37(47)48/h8-11,15-18,24-25,33H,3-7,12-14H2,1-2H3,(H,41,42)(H,43,44)/t18-,24-,25-/m0/s1. The third-order valence-corrected chi connectivity index (χ3v) is 8.49. The first-order valence-electron chi connectivity index (χ1n) is 15.6. The second-order valence-electron chi connectivity index (χ2n) is 11.6. The van der Waals surface area contributed by atoms with Gasteiger partial charge in [-0.2, -0.15) is 0 Å². The summed E-state index contributed by atoms with van der Waals surface area (Å²) < 4.78 is 10.4. The molecule has 4 rings (SSSR count). The van der Waals surface area contributed by atoms with Crippen molar-refractivity contribution in [2.24, 2.45) is 0 Å². The van der Waals surface area contributed by atoms with E-state index in [9.17, 15) is 54.4 Å². The number of carbonyl (C=O) groups is 4. The van der Waals surface area contributed by atoms with Crippen LogP contribution in [0.25, 0.3) is 11.0 Å². The molecule has 1 aliphatic rings. The Kier molecular flexibility index (Phi) is 11.7. The van der Waals surface area contributed by atoms with Crippen LogP contribution in [0.5, 0.6) is 5.75 Å². The lowest BCUT2D eigenvalue weighted by Crippen LogP contribution is -2.57. The summed E-state index contributed by atoms with van der Waals surface area (Å²) in [5.41, 5.74) is -1.42. The van der Waals surface area contributed by atoms with E-state index in [0.29, 0.717) is 17.6 Å². The van der Waals surface area contributed by atoms with E-state index in [2.05, 4.69) is 5.32 Å². The number of hydrogen-bond donors (Lipinski definition) is 3. The number of benzene rings is 2. The number of likely N-dealkylation sites (tertiary alicyclic amines) is 1. The number of nitro benzene ring substituents is 2. The highest BCUT2D eigenvalue weighted by atomic mass is 16.6. The van der Waals surface area contributed by atoms with Gasteiger partial charge in [0.2, 0.25) is 11.8 Å². The molecule has 3 N–H and O–H groups in total. The normalized spacial score (nSPS) is 15.2. The highest BCUT2D eigenvalue weighted by Gasteiger charge is 2.42. The van der Waals surface area contributed by atoms with E-state index in [1.807, 2.05) is 0 Å². The summed E-state index contributed by atoms with van der Waals surface area (Å²) in [6.07, 6.45) is 0.319. The Hall–Kier alpha value is -6.07. The minimum absolute atomic E-state index is 0.0159. The largest absolute Gasteiger partial charge is 0.497 e. The maximum Gasteiger partial charge on any atom is 0.336 e. The van der Waals surface area contributed by atoms with Crippen molar-refractivity contribution in [1.29, 1.82) is 0 Å². The van der Waals surface area contributed by atoms with Gasteiger partial charge in [0.15, 0.2) is 0 Å². The van der Waals surface area contributed by atoms with Gasteiger partial charge in [-0.25, -0.2) is 14.4 Å². The highest BCUT2D eigenvalue weighted by molar-refractivity contribution is 5.95. The Balaban J connectivity index is 1.58. The Labute approximate surface area is 283 Å².